The molecule has 0 aromatic heterocycles. The van der Waals surface area contributed by atoms with E-state index in [0.717, 1.165) is 5.56 Å². The lowest BCUT2D eigenvalue weighted by Gasteiger charge is -2.29. The summed E-state index contributed by atoms with van der Waals surface area (Å²) < 4.78 is 4.78. The summed E-state index contributed by atoms with van der Waals surface area (Å²) in [6, 6.07) is 7.96. The summed E-state index contributed by atoms with van der Waals surface area (Å²) >= 11 is 0. The fraction of sp³-hybridized carbons (Fsp3) is 0.400. The lowest BCUT2D eigenvalue weighted by molar-refractivity contribution is -0.147. The molecule has 21 heavy (non-hydrogen) atoms. The lowest BCUT2D eigenvalue weighted by atomic mass is 10.0. The van der Waals surface area contributed by atoms with Crippen LogP contribution in [0.2, 0.25) is 0 Å². The van der Waals surface area contributed by atoms with Gasteiger partial charge in [-0.05, 0) is 12.5 Å². The second-order valence-electron chi connectivity index (χ2n) is 4.82. The predicted molar refractivity (Wildman–Crippen MR) is 75.3 cm³/mol. The monoisotopic (exact) mass is 290 g/mol. The predicted octanol–water partition coefficient (Wildman–Crippen LogP) is 0.165. The Kier molecular flexibility index (Phi) is 4.92. The molecule has 1 fully saturated rings. The van der Waals surface area contributed by atoms with Crippen molar-refractivity contribution in [2.24, 2.45) is 0 Å². The van der Waals surface area contributed by atoms with Crippen molar-refractivity contribution >= 4 is 17.8 Å². The van der Waals surface area contributed by atoms with Crippen LogP contribution in [-0.4, -0.2) is 36.5 Å². The van der Waals surface area contributed by atoms with Crippen LogP contribution < -0.4 is 10.6 Å². The van der Waals surface area contributed by atoms with E-state index in [-0.39, 0.29) is 24.8 Å². The topological polar surface area (TPSA) is 84.5 Å². The van der Waals surface area contributed by atoms with Crippen molar-refractivity contribution in [1.82, 2.24) is 10.6 Å². The number of hydrogen-bond acceptors (Lipinski definition) is 4. The van der Waals surface area contributed by atoms with Gasteiger partial charge in [-0.2, -0.15) is 0 Å². The van der Waals surface area contributed by atoms with Crippen LogP contribution in [0, 0.1) is 0 Å². The fourth-order valence-electron chi connectivity index (χ4n) is 2.20. The highest BCUT2D eigenvalue weighted by atomic mass is 16.5. The van der Waals surface area contributed by atoms with Crippen LogP contribution in [0.1, 0.15) is 18.9 Å². The molecule has 0 bridgehead atoms. The van der Waals surface area contributed by atoms with Crippen molar-refractivity contribution in [2.75, 3.05) is 6.61 Å². The summed E-state index contributed by atoms with van der Waals surface area (Å²) in [5, 5.41) is 5.23. The molecule has 0 spiro atoms. The highest BCUT2D eigenvalue weighted by Gasteiger charge is 2.34. The molecule has 2 amide bonds. The first-order chi connectivity index (χ1) is 10.1. The summed E-state index contributed by atoms with van der Waals surface area (Å²) in [7, 11) is 0. The quantitative estimate of drug-likeness (QED) is 0.757. The summed E-state index contributed by atoms with van der Waals surface area (Å²) in [5.74, 6) is -1.14. The van der Waals surface area contributed by atoms with Crippen molar-refractivity contribution in [3.63, 3.8) is 0 Å². The molecule has 1 saturated heterocycles. The molecule has 0 radical (unpaired) electrons. The van der Waals surface area contributed by atoms with Crippen LogP contribution in [0.3, 0.4) is 0 Å². The van der Waals surface area contributed by atoms with E-state index in [1.54, 1.807) is 6.92 Å². The van der Waals surface area contributed by atoms with Gasteiger partial charge in [-0.15, -0.1) is 0 Å². The highest BCUT2D eigenvalue weighted by Crippen LogP contribution is 2.08. The first-order valence-corrected chi connectivity index (χ1v) is 6.90. The van der Waals surface area contributed by atoms with Crippen LogP contribution in [-0.2, 0) is 25.5 Å². The summed E-state index contributed by atoms with van der Waals surface area (Å²) in [4.78, 5) is 35.3. The third-order valence-electron chi connectivity index (χ3n) is 3.22. The third-order valence-corrected chi connectivity index (χ3v) is 3.22. The molecular weight excluding hydrogens is 272 g/mol. The van der Waals surface area contributed by atoms with Gasteiger partial charge in [0.25, 0.3) is 0 Å². The minimum atomic E-state index is -0.858. The average molecular weight is 290 g/mol. The molecule has 0 aliphatic carbocycles. The molecule has 1 aliphatic heterocycles. The Hall–Kier alpha value is -2.37. The maximum atomic E-state index is 12.0. The van der Waals surface area contributed by atoms with E-state index in [1.165, 1.54) is 0 Å². The van der Waals surface area contributed by atoms with Crippen molar-refractivity contribution in [3.05, 3.63) is 35.9 Å². The number of esters is 1. The fourth-order valence-corrected chi connectivity index (χ4v) is 2.20. The Morgan fingerprint density at radius 3 is 2.38 bits per heavy atom. The summed E-state index contributed by atoms with van der Waals surface area (Å²) in [6.45, 7) is 1.94. The smallest absolute Gasteiger partial charge is 0.308 e. The minimum Gasteiger partial charge on any atom is -0.466 e. The number of piperazine rings is 1. The van der Waals surface area contributed by atoms with Gasteiger partial charge in [-0.1, -0.05) is 30.3 Å². The summed E-state index contributed by atoms with van der Waals surface area (Å²) in [6.07, 6.45) is 0.272. The van der Waals surface area contributed by atoms with Crippen molar-refractivity contribution in [3.8, 4) is 0 Å². The zero-order valence-electron chi connectivity index (χ0n) is 11.8. The van der Waals surface area contributed by atoms with Gasteiger partial charge in [0, 0.05) is 6.42 Å². The number of benzene rings is 1. The van der Waals surface area contributed by atoms with Gasteiger partial charge in [-0.3, -0.25) is 14.4 Å². The van der Waals surface area contributed by atoms with Crippen LogP contribution in [0.4, 0.5) is 0 Å². The van der Waals surface area contributed by atoms with Gasteiger partial charge in [0.2, 0.25) is 11.8 Å². The number of amides is 2. The Morgan fingerprint density at radius 1 is 1.10 bits per heavy atom. The molecule has 2 atom stereocenters. The Balaban J connectivity index is 1.94. The van der Waals surface area contributed by atoms with Gasteiger partial charge in [0.1, 0.15) is 12.1 Å². The van der Waals surface area contributed by atoms with Crippen molar-refractivity contribution in [1.29, 1.82) is 0 Å². The third kappa shape index (κ3) is 4.05. The van der Waals surface area contributed by atoms with E-state index in [9.17, 15) is 14.4 Å². The Labute approximate surface area is 122 Å². The van der Waals surface area contributed by atoms with E-state index < -0.39 is 18.1 Å². The molecule has 112 valence electrons. The van der Waals surface area contributed by atoms with Crippen LogP contribution in [0.15, 0.2) is 30.3 Å². The molecule has 1 heterocycles. The van der Waals surface area contributed by atoms with E-state index in [2.05, 4.69) is 10.6 Å². The number of ether oxygens (including phenoxy) is 1. The lowest BCUT2D eigenvalue weighted by Crippen LogP contribution is -2.62. The van der Waals surface area contributed by atoms with Crippen molar-refractivity contribution < 1.29 is 19.1 Å². The molecule has 1 aromatic carbocycles. The van der Waals surface area contributed by atoms with Crippen molar-refractivity contribution in [2.45, 2.75) is 31.8 Å². The molecule has 0 unspecified atom stereocenters. The average Bonchev–Trinajstić information content (AvgIpc) is 2.45. The standard InChI is InChI=1S/C15H18N2O4/c1-2-21-13(18)9-12-15(20)16-11(14(19)17-12)8-10-6-4-3-5-7-10/h3-7,11-12H,2,8-9H2,1H3,(H,16,20)(H,17,19)/t11-,12+/m1/s1. The molecule has 6 nitrogen and oxygen atoms in total. The highest BCUT2D eigenvalue weighted by molar-refractivity contribution is 5.98. The van der Waals surface area contributed by atoms with E-state index >= 15 is 0 Å². The molecule has 0 saturated carbocycles. The number of hydrogen-bond donors (Lipinski definition) is 2. The van der Waals surface area contributed by atoms with Gasteiger partial charge in [-0.25, -0.2) is 0 Å². The first kappa shape index (κ1) is 15.0. The van der Waals surface area contributed by atoms with Crippen LogP contribution in [0.5, 0.6) is 0 Å². The molecule has 1 aromatic rings. The molecule has 6 heteroatoms. The van der Waals surface area contributed by atoms with Gasteiger partial charge >= 0.3 is 5.97 Å². The largest absolute Gasteiger partial charge is 0.466 e. The normalized spacial score (nSPS) is 21.4. The number of rotatable bonds is 5. The Bertz CT molecular complexity index is 530. The molecule has 1 aliphatic rings. The zero-order valence-corrected chi connectivity index (χ0v) is 11.8. The van der Waals surface area contributed by atoms with E-state index in [1.807, 2.05) is 30.3 Å². The molecule has 2 rings (SSSR count). The number of carbonyl (C=O) groups is 3. The maximum Gasteiger partial charge on any atom is 0.308 e. The second kappa shape index (κ2) is 6.88. The maximum absolute atomic E-state index is 12.0. The van der Waals surface area contributed by atoms with Crippen LogP contribution >= 0.6 is 0 Å². The SMILES string of the molecule is CCOC(=O)C[C@@H]1NC(=O)[C@@H](Cc2ccccc2)NC1=O. The Morgan fingerprint density at radius 2 is 1.71 bits per heavy atom. The zero-order chi connectivity index (χ0) is 15.2. The van der Waals surface area contributed by atoms with E-state index in [0.29, 0.717) is 6.42 Å². The second-order valence-corrected chi connectivity index (χ2v) is 4.82. The molecular formula is C15H18N2O4. The van der Waals surface area contributed by atoms with Gasteiger partial charge < -0.3 is 15.4 Å². The van der Waals surface area contributed by atoms with Crippen LogP contribution in [0.25, 0.3) is 0 Å². The van der Waals surface area contributed by atoms with Gasteiger partial charge in [0.15, 0.2) is 0 Å². The first-order valence-electron chi connectivity index (χ1n) is 6.90. The summed E-state index contributed by atoms with van der Waals surface area (Å²) in [5.41, 5.74) is 0.960. The van der Waals surface area contributed by atoms with E-state index in [4.69, 9.17) is 4.74 Å². The minimum absolute atomic E-state index is 0.149. The van der Waals surface area contributed by atoms with Gasteiger partial charge in [0.05, 0.1) is 13.0 Å². The number of nitrogens with one attached hydrogen (secondary N) is 2. The molecule has 2 N–H and O–H groups in total. The number of carbonyl (C=O) groups excluding carboxylic acids is 3.